The molecule has 0 aliphatic carbocycles. The summed E-state index contributed by atoms with van der Waals surface area (Å²) in [5.74, 6) is 2.08. The highest BCUT2D eigenvalue weighted by molar-refractivity contribution is 7.99. The Labute approximate surface area is 250 Å². The molecular formula is C32H34ClN5O2S. The summed E-state index contributed by atoms with van der Waals surface area (Å²) in [5.41, 5.74) is 6.08. The van der Waals surface area contributed by atoms with Crippen molar-refractivity contribution in [3.05, 3.63) is 105 Å². The summed E-state index contributed by atoms with van der Waals surface area (Å²) in [6, 6.07) is 20.9. The molecule has 5 rings (SSSR count). The molecule has 4 aromatic rings. The highest BCUT2D eigenvalue weighted by atomic mass is 35.5. The lowest BCUT2D eigenvalue weighted by Crippen LogP contribution is -2.31. The van der Waals surface area contributed by atoms with Crippen LogP contribution < -0.4 is 15.4 Å². The van der Waals surface area contributed by atoms with E-state index in [2.05, 4.69) is 17.6 Å². The third-order valence-electron chi connectivity index (χ3n) is 7.21. The Morgan fingerprint density at radius 2 is 1.85 bits per heavy atom. The largest absolute Gasteiger partial charge is 0.489 e. The van der Waals surface area contributed by atoms with Crippen LogP contribution in [0.1, 0.15) is 55.0 Å². The molecule has 212 valence electrons. The number of thioether (sulfide) groups is 1. The van der Waals surface area contributed by atoms with E-state index in [1.807, 2.05) is 92.2 Å². The molecule has 3 aromatic carbocycles. The molecule has 1 aliphatic heterocycles. The molecule has 1 aliphatic rings. The minimum absolute atomic E-state index is 0.186. The predicted octanol–water partition coefficient (Wildman–Crippen LogP) is 7.95. The first-order valence-electron chi connectivity index (χ1n) is 13.8. The number of aromatic nitrogens is 3. The zero-order valence-electron chi connectivity index (χ0n) is 23.7. The van der Waals surface area contributed by atoms with Gasteiger partial charge >= 0.3 is 0 Å². The lowest BCUT2D eigenvalue weighted by Gasteiger charge is -2.29. The number of allylic oxidation sites excluding steroid dienone is 1. The minimum Gasteiger partial charge on any atom is -0.489 e. The Bertz CT molecular complexity index is 1580. The average Bonchev–Trinajstić information content (AvgIpc) is 3.37. The Hall–Kier alpha value is -3.75. The van der Waals surface area contributed by atoms with Crippen molar-refractivity contribution in [2.24, 2.45) is 0 Å². The summed E-state index contributed by atoms with van der Waals surface area (Å²) in [7, 11) is 0. The summed E-state index contributed by atoms with van der Waals surface area (Å²) in [5, 5.41) is 12.7. The lowest BCUT2D eigenvalue weighted by molar-refractivity contribution is -0.113. The molecule has 1 amide bonds. The van der Waals surface area contributed by atoms with Crippen molar-refractivity contribution in [3.8, 4) is 5.75 Å². The van der Waals surface area contributed by atoms with Crippen molar-refractivity contribution in [1.82, 2.24) is 14.8 Å². The van der Waals surface area contributed by atoms with Crippen molar-refractivity contribution in [1.29, 1.82) is 0 Å². The number of amides is 1. The Kier molecular flexibility index (Phi) is 9.00. The number of aryl methyl sites for hydroxylation is 1. The summed E-state index contributed by atoms with van der Waals surface area (Å²) < 4.78 is 7.83. The van der Waals surface area contributed by atoms with E-state index >= 15 is 0 Å². The molecular weight excluding hydrogens is 554 g/mol. The van der Waals surface area contributed by atoms with Gasteiger partial charge in [0.1, 0.15) is 18.4 Å². The van der Waals surface area contributed by atoms with Gasteiger partial charge in [-0.25, -0.2) is 4.68 Å². The fourth-order valence-electron chi connectivity index (χ4n) is 4.70. The molecule has 0 fully saturated rings. The van der Waals surface area contributed by atoms with Crippen LogP contribution >= 0.6 is 23.4 Å². The number of nitrogens with zero attached hydrogens (tertiary/aromatic N) is 3. The SMILES string of the molecule is CCCCSc1nc2n(n1)C(c1ccc(OCc3ccccc3Cl)cc1)C(C(=O)Nc1cccc(C)c1C)=C(C)N2. The third kappa shape index (κ3) is 6.44. The monoisotopic (exact) mass is 587 g/mol. The molecule has 0 bridgehead atoms. The van der Waals surface area contributed by atoms with Crippen LogP contribution in [-0.4, -0.2) is 26.4 Å². The number of hydrogen-bond acceptors (Lipinski definition) is 6. The zero-order chi connectivity index (χ0) is 28.9. The van der Waals surface area contributed by atoms with E-state index in [1.54, 1.807) is 11.8 Å². The van der Waals surface area contributed by atoms with Crippen molar-refractivity contribution < 1.29 is 9.53 Å². The molecule has 0 spiro atoms. The first-order valence-corrected chi connectivity index (χ1v) is 15.1. The maximum Gasteiger partial charge on any atom is 0.255 e. The van der Waals surface area contributed by atoms with Gasteiger partial charge in [-0.15, -0.1) is 5.10 Å². The molecule has 0 saturated carbocycles. The van der Waals surface area contributed by atoms with Crippen LogP contribution in [0.15, 0.2) is 83.2 Å². The molecule has 1 aromatic heterocycles. The van der Waals surface area contributed by atoms with Gasteiger partial charge in [0.25, 0.3) is 5.91 Å². The van der Waals surface area contributed by atoms with Gasteiger partial charge in [0, 0.05) is 27.7 Å². The van der Waals surface area contributed by atoms with Crippen LogP contribution in [0.2, 0.25) is 5.02 Å². The molecule has 9 heteroatoms. The molecule has 1 unspecified atom stereocenters. The van der Waals surface area contributed by atoms with Crippen LogP contribution in [-0.2, 0) is 11.4 Å². The Morgan fingerprint density at radius 1 is 1.07 bits per heavy atom. The topological polar surface area (TPSA) is 81.1 Å². The summed E-state index contributed by atoms with van der Waals surface area (Å²) >= 11 is 7.92. The van der Waals surface area contributed by atoms with Crippen LogP contribution in [0.3, 0.4) is 0 Å². The van der Waals surface area contributed by atoms with Gasteiger partial charge in [-0.05, 0) is 68.1 Å². The Balaban J connectivity index is 1.46. The van der Waals surface area contributed by atoms with Crippen LogP contribution in [0, 0.1) is 13.8 Å². The first kappa shape index (κ1) is 28.8. The second-order valence-corrected chi connectivity index (χ2v) is 11.6. The maximum atomic E-state index is 13.9. The molecule has 7 nitrogen and oxygen atoms in total. The maximum absolute atomic E-state index is 13.9. The zero-order valence-corrected chi connectivity index (χ0v) is 25.3. The fourth-order valence-corrected chi connectivity index (χ4v) is 5.80. The molecule has 2 heterocycles. The van der Waals surface area contributed by atoms with Gasteiger partial charge < -0.3 is 15.4 Å². The number of carbonyl (C=O) groups is 1. The van der Waals surface area contributed by atoms with E-state index in [1.165, 1.54) is 0 Å². The lowest BCUT2D eigenvalue weighted by atomic mass is 9.94. The van der Waals surface area contributed by atoms with E-state index in [4.69, 9.17) is 26.4 Å². The predicted molar refractivity (Wildman–Crippen MR) is 167 cm³/mol. The first-order chi connectivity index (χ1) is 19.9. The second-order valence-electron chi connectivity index (χ2n) is 10.1. The third-order valence-corrected chi connectivity index (χ3v) is 8.50. The highest BCUT2D eigenvalue weighted by Gasteiger charge is 2.34. The number of ether oxygens (including phenoxy) is 1. The van der Waals surface area contributed by atoms with E-state index in [-0.39, 0.29) is 5.91 Å². The van der Waals surface area contributed by atoms with Gasteiger partial charge in [-0.3, -0.25) is 4.79 Å². The van der Waals surface area contributed by atoms with E-state index in [9.17, 15) is 4.79 Å². The summed E-state index contributed by atoms with van der Waals surface area (Å²) in [6.07, 6.45) is 2.19. The van der Waals surface area contributed by atoms with Crippen LogP contribution in [0.4, 0.5) is 11.6 Å². The molecule has 1 atom stereocenters. The number of carbonyl (C=O) groups excluding carboxylic acids is 1. The minimum atomic E-state index is -0.470. The molecule has 0 saturated heterocycles. The quantitative estimate of drug-likeness (QED) is 0.145. The molecule has 2 N–H and O–H groups in total. The van der Waals surface area contributed by atoms with E-state index < -0.39 is 6.04 Å². The number of nitrogens with one attached hydrogen (secondary N) is 2. The van der Waals surface area contributed by atoms with E-state index in [0.29, 0.717) is 34.1 Å². The molecule has 0 radical (unpaired) electrons. The Morgan fingerprint density at radius 3 is 2.61 bits per heavy atom. The smallest absolute Gasteiger partial charge is 0.255 e. The van der Waals surface area contributed by atoms with Crippen molar-refractivity contribution >= 4 is 40.9 Å². The van der Waals surface area contributed by atoms with Crippen molar-refractivity contribution in [3.63, 3.8) is 0 Å². The average molecular weight is 588 g/mol. The summed E-state index contributed by atoms with van der Waals surface area (Å²) in [4.78, 5) is 18.6. The number of halogens is 1. The summed E-state index contributed by atoms with van der Waals surface area (Å²) in [6.45, 7) is 8.49. The molecule has 41 heavy (non-hydrogen) atoms. The van der Waals surface area contributed by atoms with E-state index in [0.717, 1.165) is 52.2 Å². The standard InChI is InChI=1S/C32H34ClN5O2S/c1-5-6-18-41-32-36-31-34-22(4)28(30(39)35-27-13-9-10-20(2)21(27)3)29(38(31)37-32)23-14-16-25(17-15-23)40-19-24-11-7-8-12-26(24)33/h7-17,29H,5-6,18-19H2,1-4H3,(H,35,39)(H,34,36,37). The number of anilines is 2. The van der Waals surface area contributed by atoms with Gasteiger partial charge in [0.05, 0.1) is 5.57 Å². The second kappa shape index (κ2) is 12.8. The van der Waals surface area contributed by atoms with Crippen molar-refractivity contribution in [2.75, 3.05) is 16.4 Å². The normalized spacial score (nSPS) is 14.4. The van der Waals surface area contributed by atoms with Crippen molar-refractivity contribution in [2.45, 2.75) is 58.3 Å². The number of hydrogen-bond donors (Lipinski definition) is 2. The highest BCUT2D eigenvalue weighted by Crippen LogP contribution is 2.37. The fraction of sp³-hybridized carbons (Fsp3) is 0.281. The number of unbranched alkanes of at least 4 members (excludes halogenated alkanes) is 1. The van der Waals surface area contributed by atoms with Gasteiger partial charge in [-0.2, -0.15) is 4.98 Å². The number of benzene rings is 3. The van der Waals surface area contributed by atoms with Crippen LogP contribution in [0.25, 0.3) is 0 Å². The number of rotatable bonds is 10. The van der Waals surface area contributed by atoms with Gasteiger partial charge in [0.2, 0.25) is 11.1 Å². The van der Waals surface area contributed by atoms with Gasteiger partial charge in [-0.1, -0.05) is 79.2 Å². The number of fused-ring (bicyclic) bond motifs is 1. The van der Waals surface area contributed by atoms with Gasteiger partial charge in [0.15, 0.2) is 0 Å². The van der Waals surface area contributed by atoms with Crippen LogP contribution in [0.5, 0.6) is 5.75 Å².